The first-order valence-corrected chi connectivity index (χ1v) is 10.3. The van der Waals surface area contributed by atoms with Crippen molar-refractivity contribution in [1.82, 2.24) is 21.2 Å². The van der Waals surface area contributed by atoms with Gasteiger partial charge in [0.25, 0.3) is 17.7 Å². The highest BCUT2D eigenvalue weighted by atomic mass is 19.3. The summed E-state index contributed by atoms with van der Waals surface area (Å²) in [6.07, 6.45) is 1.53. The van der Waals surface area contributed by atoms with Crippen LogP contribution < -0.4 is 21.5 Å². The van der Waals surface area contributed by atoms with Gasteiger partial charge in [-0.1, -0.05) is 13.8 Å². The zero-order valence-electron chi connectivity index (χ0n) is 17.9. The Morgan fingerprint density at radius 2 is 1.90 bits per heavy atom. The van der Waals surface area contributed by atoms with Gasteiger partial charge in [-0.3, -0.25) is 25.2 Å². The number of nitrogens with one attached hydrogen (secondary N) is 4. The summed E-state index contributed by atoms with van der Waals surface area (Å²) in [7, 11) is 0. The lowest BCUT2D eigenvalue weighted by Gasteiger charge is -2.31. The van der Waals surface area contributed by atoms with E-state index in [2.05, 4.69) is 26.5 Å². The van der Waals surface area contributed by atoms with Gasteiger partial charge in [-0.15, -0.1) is 0 Å². The summed E-state index contributed by atoms with van der Waals surface area (Å²) in [5, 5.41) is 5.55. The van der Waals surface area contributed by atoms with E-state index in [1.54, 1.807) is 0 Å². The molecule has 1 aromatic rings. The van der Waals surface area contributed by atoms with Crippen LogP contribution in [0, 0.1) is 0 Å². The van der Waals surface area contributed by atoms with Crippen molar-refractivity contribution in [2.75, 3.05) is 18.5 Å². The number of aromatic nitrogens is 1. The molecular weight excluding hydrogens is 412 g/mol. The van der Waals surface area contributed by atoms with Crippen molar-refractivity contribution >= 4 is 23.5 Å². The minimum Gasteiger partial charge on any atom is -0.367 e. The van der Waals surface area contributed by atoms with E-state index in [4.69, 9.17) is 4.74 Å². The van der Waals surface area contributed by atoms with E-state index in [1.165, 1.54) is 25.3 Å². The summed E-state index contributed by atoms with van der Waals surface area (Å²) in [4.78, 5) is 40.9. The molecule has 0 spiro atoms. The molecular formula is C20H29F2N5O4. The third kappa shape index (κ3) is 6.09. The van der Waals surface area contributed by atoms with Crippen LogP contribution in [0.4, 0.5) is 14.6 Å². The number of carbonyl (C=O) groups is 3. The summed E-state index contributed by atoms with van der Waals surface area (Å²) in [6, 6.07) is 2.79. The van der Waals surface area contributed by atoms with E-state index >= 15 is 0 Å². The first kappa shape index (κ1) is 24.4. The summed E-state index contributed by atoms with van der Waals surface area (Å²) in [5.41, 5.74) is 2.79. The Morgan fingerprint density at radius 3 is 2.55 bits per heavy atom. The quantitative estimate of drug-likeness (QED) is 0.417. The van der Waals surface area contributed by atoms with Crippen molar-refractivity contribution in [2.24, 2.45) is 0 Å². The Bertz CT molecular complexity index is 798. The number of hydrogen-bond acceptors (Lipinski definition) is 6. The van der Waals surface area contributed by atoms with E-state index in [9.17, 15) is 23.2 Å². The van der Waals surface area contributed by atoms with Gasteiger partial charge in [0.2, 0.25) is 11.5 Å². The zero-order chi connectivity index (χ0) is 23.1. The van der Waals surface area contributed by atoms with Crippen LogP contribution in [-0.2, 0) is 14.3 Å². The average Bonchev–Trinajstić information content (AvgIpc) is 2.77. The number of hydrazine groups is 1. The molecule has 1 aliphatic heterocycles. The molecule has 1 unspecified atom stereocenters. The molecule has 1 atom stereocenters. The molecule has 1 saturated carbocycles. The van der Waals surface area contributed by atoms with E-state index < -0.39 is 29.2 Å². The SMILES string of the molecule is CC.CC1(C(=O)NNC(=O)c2cccnc2NC2CCC(F)(F)CC2)OCCNC1=O. The van der Waals surface area contributed by atoms with Crippen LogP contribution >= 0.6 is 0 Å². The first-order valence-electron chi connectivity index (χ1n) is 10.3. The molecule has 1 saturated heterocycles. The van der Waals surface area contributed by atoms with Gasteiger partial charge < -0.3 is 15.4 Å². The largest absolute Gasteiger partial charge is 0.367 e. The molecule has 0 aromatic carbocycles. The van der Waals surface area contributed by atoms with Crippen molar-refractivity contribution < 1.29 is 27.9 Å². The maximum atomic E-state index is 13.3. The molecule has 2 fully saturated rings. The number of halogens is 2. The topological polar surface area (TPSA) is 121 Å². The Balaban J connectivity index is 0.00000166. The molecule has 3 rings (SSSR count). The number of nitrogens with zero attached hydrogens (tertiary/aromatic N) is 1. The Hall–Kier alpha value is -2.82. The minimum absolute atomic E-state index is 0.129. The van der Waals surface area contributed by atoms with Crippen molar-refractivity contribution in [3.05, 3.63) is 23.9 Å². The fourth-order valence-electron chi connectivity index (χ4n) is 3.20. The predicted molar refractivity (Wildman–Crippen MR) is 109 cm³/mol. The fourth-order valence-corrected chi connectivity index (χ4v) is 3.20. The molecule has 172 valence electrons. The minimum atomic E-state index is -2.66. The van der Waals surface area contributed by atoms with E-state index in [-0.39, 0.29) is 49.7 Å². The van der Waals surface area contributed by atoms with E-state index in [0.29, 0.717) is 6.54 Å². The van der Waals surface area contributed by atoms with E-state index in [0.717, 1.165) is 0 Å². The molecule has 0 bridgehead atoms. The monoisotopic (exact) mass is 441 g/mol. The summed E-state index contributed by atoms with van der Waals surface area (Å²) in [6.45, 7) is 5.77. The maximum absolute atomic E-state index is 13.3. The Morgan fingerprint density at radius 1 is 1.23 bits per heavy atom. The van der Waals surface area contributed by atoms with Crippen molar-refractivity contribution in [3.63, 3.8) is 0 Å². The number of rotatable bonds is 4. The predicted octanol–water partition coefficient (Wildman–Crippen LogP) is 1.76. The number of morpholine rings is 1. The molecule has 31 heavy (non-hydrogen) atoms. The highest BCUT2D eigenvalue weighted by Gasteiger charge is 2.44. The van der Waals surface area contributed by atoms with Crippen molar-refractivity contribution in [1.29, 1.82) is 0 Å². The fraction of sp³-hybridized carbons (Fsp3) is 0.600. The summed E-state index contributed by atoms with van der Waals surface area (Å²) >= 11 is 0. The Kier molecular flexibility index (Phi) is 8.26. The second kappa shape index (κ2) is 10.5. The van der Waals surface area contributed by atoms with Gasteiger partial charge in [0.05, 0.1) is 12.2 Å². The molecule has 9 nitrogen and oxygen atoms in total. The summed E-state index contributed by atoms with van der Waals surface area (Å²) in [5.74, 6) is -4.53. The molecule has 0 radical (unpaired) electrons. The maximum Gasteiger partial charge on any atom is 0.280 e. The molecule has 3 amide bonds. The highest BCUT2D eigenvalue weighted by molar-refractivity contribution is 6.09. The molecule has 2 heterocycles. The number of ether oxygens (including phenoxy) is 1. The molecule has 11 heteroatoms. The van der Waals surface area contributed by atoms with Crippen LogP contribution in [0.5, 0.6) is 0 Å². The van der Waals surface area contributed by atoms with Crippen molar-refractivity contribution in [3.8, 4) is 0 Å². The van der Waals surface area contributed by atoms with Crippen LogP contribution in [0.3, 0.4) is 0 Å². The number of alkyl halides is 2. The molecule has 4 N–H and O–H groups in total. The number of carbonyl (C=O) groups excluding carboxylic acids is 3. The number of anilines is 1. The van der Waals surface area contributed by atoms with Gasteiger partial charge in [-0.25, -0.2) is 13.8 Å². The van der Waals surface area contributed by atoms with Crippen LogP contribution in [0.25, 0.3) is 0 Å². The standard InChI is InChI=1S/C18H23F2N5O4.C2H6/c1-17(15(27)22-9-10-29-17)16(28)25-24-14(26)12-3-2-8-21-13(12)23-11-4-6-18(19,20)7-5-11;1-2/h2-3,8,11H,4-7,9-10H2,1H3,(H,21,23)(H,22,27)(H,24,26)(H,25,28);1-2H3. The van der Waals surface area contributed by atoms with E-state index in [1.807, 2.05) is 13.8 Å². The van der Waals surface area contributed by atoms with Crippen LogP contribution in [0.15, 0.2) is 18.3 Å². The molecule has 1 aliphatic carbocycles. The smallest absolute Gasteiger partial charge is 0.280 e. The van der Waals surface area contributed by atoms with Gasteiger partial charge in [0.1, 0.15) is 5.82 Å². The normalized spacial score (nSPS) is 22.9. The van der Waals surface area contributed by atoms with Crippen LogP contribution in [-0.4, -0.2) is 53.4 Å². The van der Waals surface area contributed by atoms with Gasteiger partial charge in [0.15, 0.2) is 0 Å². The second-order valence-corrected chi connectivity index (χ2v) is 7.22. The van der Waals surface area contributed by atoms with Gasteiger partial charge in [-0.05, 0) is 31.9 Å². The Labute approximate surface area is 179 Å². The lowest BCUT2D eigenvalue weighted by atomic mass is 9.92. The number of amides is 3. The third-order valence-corrected chi connectivity index (χ3v) is 5.04. The van der Waals surface area contributed by atoms with Crippen LogP contribution in [0.2, 0.25) is 0 Å². The average molecular weight is 441 g/mol. The van der Waals surface area contributed by atoms with Gasteiger partial charge in [0, 0.05) is 31.6 Å². The van der Waals surface area contributed by atoms with Crippen LogP contribution in [0.1, 0.15) is 56.8 Å². The molecule has 1 aromatic heterocycles. The highest BCUT2D eigenvalue weighted by Crippen LogP contribution is 2.34. The zero-order valence-corrected chi connectivity index (χ0v) is 17.9. The first-order chi connectivity index (χ1) is 14.7. The number of pyridine rings is 1. The third-order valence-electron chi connectivity index (χ3n) is 5.04. The van der Waals surface area contributed by atoms with Gasteiger partial charge >= 0.3 is 0 Å². The lowest BCUT2D eigenvalue weighted by Crippen LogP contribution is -2.63. The molecule has 2 aliphatic rings. The lowest BCUT2D eigenvalue weighted by molar-refractivity contribution is -0.164. The van der Waals surface area contributed by atoms with Gasteiger partial charge in [-0.2, -0.15) is 0 Å². The number of hydrogen-bond donors (Lipinski definition) is 4. The summed E-state index contributed by atoms with van der Waals surface area (Å²) < 4.78 is 31.9. The van der Waals surface area contributed by atoms with Crippen molar-refractivity contribution in [2.45, 2.75) is 64.0 Å². The second-order valence-electron chi connectivity index (χ2n) is 7.22.